The Morgan fingerprint density at radius 1 is 0.850 bits per heavy atom. The van der Waals surface area contributed by atoms with Gasteiger partial charge in [-0.3, -0.25) is 0 Å². The van der Waals surface area contributed by atoms with Crippen molar-refractivity contribution in [1.82, 2.24) is 0 Å². The van der Waals surface area contributed by atoms with Crippen LogP contribution in [0.3, 0.4) is 0 Å². The fourth-order valence-electron chi connectivity index (χ4n) is 1.63. The molecule has 0 saturated carbocycles. The molecule has 0 aromatic heterocycles. The molecule has 0 aliphatic carbocycles. The minimum Gasteiger partial charge on any atom is -0.406 e. The first-order valence-corrected chi connectivity index (χ1v) is 6.40. The molecule has 0 fully saturated rings. The topological polar surface area (TPSA) is 9.23 Å². The molecule has 0 spiro atoms. The minimum atomic E-state index is -4.77. The quantitative estimate of drug-likeness (QED) is 0.631. The Labute approximate surface area is 127 Å². The Hall–Kier alpha value is -1.10. The third kappa shape index (κ3) is 3.95. The van der Waals surface area contributed by atoms with Gasteiger partial charge in [0.1, 0.15) is 5.75 Å². The summed E-state index contributed by atoms with van der Waals surface area (Å²) in [5.74, 6) is -0.368. The van der Waals surface area contributed by atoms with Crippen LogP contribution in [0.1, 0.15) is 0 Å². The highest BCUT2D eigenvalue weighted by Gasteiger charge is 2.31. The van der Waals surface area contributed by atoms with Gasteiger partial charge in [-0.2, -0.15) is 0 Å². The lowest BCUT2D eigenvalue weighted by atomic mass is 10.1. The summed E-state index contributed by atoms with van der Waals surface area (Å²) >= 11 is 17.7. The Morgan fingerprint density at radius 2 is 1.45 bits per heavy atom. The van der Waals surface area contributed by atoms with E-state index in [1.807, 2.05) is 0 Å². The van der Waals surface area contributed by atoms with Crippen molar-refractivity contribution in [3.8, 4) is 16.9 Å². The smallest absolute Gasteiger partial charge is 0.406 e. The van der Waals surface area contributed by atoms with Crippen LogP contribution in [0.15, 0.2) is 36.4 Å². The highest BCUT2D eigenvalue weighted by atomic mass is 35.5. The van der Waals surface area contributed by atoms with Gasteiger partial charge in [0.15, 0.2) is 0 Å². The number of alkyl halides is 3. The second-order valence-corrected chi connectivity index (χ2v) is 5.13. The van der Waals surface area contributed by atoms with Crippen LogP contribution in [-0.2, 0) is 0 Å². The predicted octanol–water partition coefficient (Wildman–Crippen LogP) is 6.21. The highest BCUT2D eigenvalue weighted by Crippen LogP contribution is 2.35. The number of ether oxygens (including phenoxy) is 1. The Kier molecular flexibility index (Phi) is 4.37. The van der Waals surface area contributed by atoms with Gasteiger partial charge in [0.2, 0.25) is 0 Å². The van der Waals surface area contributed by atoms with Gasteiger partial charge in [0.05, 0.1) is 0 Å². The van der Waals surface area contributed by atoms with Crippen molar-refractivity contribution in [2.75, 3.05) is 0 Å². The molecule has 2 aromatic carbocycles. The third-order valence-electron chi connectivity index (χ3n) is 2.34. The maximum atomic E-state index is 12.2. The predicted molar refractivity (Wildman–Crippen MR) is 73.6 cm³/mol. The average molecular weight is 342 g/mol. The lowest BCUT2D eigenvalue weighted by molar-refractivity contribution is -0.274. The Morgan fingerprint density at radius 3 is 2.00 bits per heavy atom. The van der Waals surface area contributed by atoms with E-state index in [4.69, 9.17) is 34.8 Å². The first kappa shape index (κ1) is 15.3. The second kappa shape index (κ2) is 5.72. The molecule has 7 heteroatoms. The van der Waals surface area contributed by atoms with E-state index >= 15 is 0 Å². The largest absolute Gasteiger partial charge is 0.573 e. The number of benzene rings is 2. The van der Waals surface area contributed by atoms with Crippen LogP contribution in [0.4, 0.5) is 13.2 Å². The zero-order valence-electron chi connectivity index (χ0n) is 9.64. The molecular formula is C13H6Cl3F3O. The summed E-state index contributed by atoms with van der Waals surface area (Å²) in [6, 6.07) is 8.23. The molecule has 0 aliphatic rings. The molecule has 0 amide bonds. The van der Waals surface area contributed by atoms with E-state index in [0.717, 1.165) is 6.07 Å². The van der Waals surface area contributed by atoms with E-state index in [0.29, 0.717) is 21.2 Å². The van der Waals surface area contributed by atoms with Gasteiger partial charge in [0, 0.05) is 20.6 Å². The van der Waals surface area contributed by atoms with E-state index in [9.17, 15) is 13.2 Å². The SMILES string of the molecule is FC(F)(F)Oc1ccc(Cl)c(-c2cc(Cl)cc(Cl)c2)c1. The number of halogens is 6. The molecule has 20 heavy (non-hydrogen) atoms. The van der Waals surface area contributed by atoms with Crippen molar-refractivity contribution in [2.45, 2.75) is 6.36 Å². The van der Waals surface area contributed by atoms with Crippen LogP contribution < -0.4 is 4.74 Å². The number of rotatable bonds is 2. The van der Waals surface area contributed by atoms with Crippen LogP contribution in [-0.4, -0.2) is 6.36 Å². The lowest BCUT2D eigenvalue weighted by Crippen LogP contribution is -2.17. The van der Waals surface area contributed by atoms with E-state index in [-0.39, 0.29) is 10.8 Å². The van der Waals surface area contributed by atoms with E-state index < -0.39 is 6.36 Å². The highest BCUT2D eigenvalue weighted by molar-refractivity contribution is 6.36. The first-order valence-electron chi connectivity index (χ1n) is 5.26. The monoisotopic (exact) mass is 340 g/mol. The summed E-state index contributed by atoms with van der Waals surface area (Å²) in [6.07, 6.45) is -4.77. The Balaban J connectivity index is 2.47. The lowest BCUT2D eigenvalue weighted by Gasteiger charge is -2.12. The van der Waals surface area contributed by atoms with Crippen LogP contribution >= 0.6 is 34.8 Å². The molecule has 0 aliphatic heterocycles. The van der Waals surface area contributed by atoms with Gasteiger partial charge in [-0.15, -0.1) is 13.2 Å². The molecule has 0 N–H and O–H groups in total. The molecule has 0 radical (unpaired) electrons. The molecule has 0 unspecified atom stereocenters. The fraction of sp³-hybridized carbons (Fsp3) is 0.0769. The van der Waals surface area contributed by atoms with E-state index in [1.54, 1.807) is 12.1 Å². The van der Waals surface area contributed by atoms with Crippen LogP contribution in [0.5, 0.6) is 5.75 Å². The van der Waals surface area contributed by atoms with Gasteiger partial charge in [-0.25, -0.2) is 0 Å². The van der Waals surface area contributed by atoms with E-state index in [2.05, 4.69) is 4.74 Å². The summed E-state index contributed by atoms with van der Waals surface area (Å²) in [6.45, 7) is 0. The van der Waals surface area contributed by atoms with Gasteiger partial charge in [0.25, 0.3) is 0 Å². The van der Waals surface area contributed by atoms with Crippen LogP contribution in [0.2, 0.25) is 15.1 Å². The van der Waals surface area contributed by atoms with Crippen molar-refractivity contribution in [3.63, 3.8) is 0 Å². The molecule has 106 valence electrons. The third-order valence-corrected chi connectivity index (χ3v) is 3.11. The Bertz CT molecular complexity index is 621. The fourth-order valence-corrected chi connectivity index (χ4v) is 2.38. The second-order valence-electron chi connectivity index (χ2n) is 3.85. The van der Waals surface area contributed by atoms with Crippen molar-refractivity contribution in [3.05, 3.63) is 51.5 Å². The van der Waals surface area contributed by atoms with Gasteiger partial charge in [-0.05, 0) is 42.0 Å². The normalized spacial score (nSPS) is 11.5. The van der Waals surface area contributed by atoms with Crippen LogP contribution in [0.25, 0.3) is 11.1 Å². The van der Waals surface area contributed by atoms with Crippen molar-refractivity contribution in [1.29, 1.82) is 0 Å². The van der Waals surface area contributed by atoms with Gasteiger partial charge >= 0.3 is 6.36 Å². The summed E-state index contributed by atoms with van der Waals surface area (Å²) in [7, 11) is 0. The summed E-state index contributed by atoms with van der Waals surface area (Å²) in [5, 5.41) is 0.967. The van der Waals surface area contributed by atoms with Gasteiger partial charge in [-0.1, -0.05) is 34.8 Å². The summed E-state index contributed by atoms with van der Waals surface area (Å²) in [5.41, 5.74) is 0.845. The van der Waals surface area contributed by atoms with E-state index in [1.165, 1.54) is 18.2 Å². The maximum absolute atomic E-state index is 12.2. The average Bonchev–Trinajstić information content (AvgIpc) is 2.28. The molecule has 1 nitrogen and oxygen atoms in total. The summed E-state index contributed by atoms with van der Waals surface area (Å²) in [4.78, 5) is 0. The molecule has 0 heterocycles. The molecule has 0 saturated heterocycles. The molecule has 0 atom stereocenters. The maximum Gasteiger partial charge on any atom is 0.573 e. The summed E-state index contributed by atoms with van der Waals surface area (Å²) < 4.78 is 40.5. The zero-order valence-corrected chi connectivity index (χ0v) is 11.9. The molecule has 0 bridgehead atoms. The zero-order chi connectivity index (χ0) is 14.9. The first-order chi connectivity index (χ1) is 9.24. The van der Waals surface area contributed by atoms with Crippen molar-refractivity contribution in [2.24, 2.45) is 0 Å². The van der Waals surface area contributed by atoms with Crippen molar-refractivity contribution < 1.29 is 17.9 Å². The molecular weight excluding hydrogens is 335 g/mol. The number of hydrogen-bond donors (Lipinski definition) is 0. The molecule has 2 rings (SSSR count). The molecule has 2 aromatic rings. The minimum absolute atomic E-state index is 0.262. The van der Waals surface area contributed by atoms with Gasteiger partial charge < -0.3 is 4.74 Å². The standard InChI is InChI=1S/C13H6Cl3F3O/c14-8-3-7(4-9(15)5-8)11-6-10(1-2-12(11)16)20-13(17,18)19/h1-6H. The van der Waals surface area contributed by atoms with Crippen LogP contribution in [0, 0.1) is 0 Å². The number of hydrogen-bond acceptors (Lipinski definition) is 1. The van der Waals surface area contributed by atoms with Crippen molar-refractivity contribution >= 4 is 34.8 Å².